The Balaban J connectivity index is 1.58. The highest BCUT2D eigenvalue weighted by Crippen LogP contribution is 2.29. The number of hydrogen-bond donors (Lipinski definition) is 2. The summed E-state index contributed by atoms with van der Waals surface area (Å²) in [7, 11) is 0. The zero-order chi connectivity index (χ0) is 29.9. The monoisotopic (exact) mass is 572 g/mol. The third-order valence-electron chi connectivity index (χ3n) is 7.07. The Hall–Kier alpha value is -4.82. The highest BCUT2D eigenvalue weighted by molar-refractivity contribution is 5.91. The molecule has 2 N–H and O–H groups in total. The molecule has 220 valence electrons. The number of nitrogens with zero attached hydrogens (tertiary/aromatic N) is 4. The van der Waals surface area contributed by atoms with E-state index in [1.807, 2.05) is 60.7 Å². The van der Waals surface area contributed by atoms with E-state index in [0.717, 1.165) is 11.1 Å². The van der Waals surface area contributed by atoms with Gasteiger partial charge in [0.15, 0.2) is 0 Å². The molecule has 0 spiro atoms. The second kappa shape index (κ2) is 14.7. The second-order valence-corrected chi connectivity index (χ2v) is 9.97. The maximum Gasteiger partial charge on any atom is 0.407 e. The predicted molar refractivity (Wildman–Crippen MR) is 156 cm³/mol. The van der Waals surface area contributed by atoms with Crippen molar-refractivity contribution in [3.8, 4) is 12.3 Å². The van der Waals surface area contributed by atoms with Gasteiger partial charge in [-0.25, -0.2) is 14.6 Å². The number of carbonyl (C=O) groups is 4. The van der Waals surface area contributed by atoms with Gasteiger partial charge in [-0.1, -0.05) is 79.2 Å². The summed E-state index contributed by atoms with van der Waals surface area (Å²) in [5, 5.41) is 8.62. The van der Waals surface area contributed by atoms with Crippen LogP contribution in [-0.2, 0) is 27.4 Å². The van der Waals surface area contributed by atoms with Crippen molar-refractivity contribution in [2.24, 2.45) is 0 Å². The van der Waals surface area contributed by atoms with Gasteiger partial charge >= 0.3 is 12.1 Å². The highest BCUT2D eigenvalue weighted by Gasteiger charge is 2.51. The number of piperazine rings is 1. The van der Waals surface area contributed by atoms with E-state index in [0.29, 0.717) is 13.0 Å². The number of terminal acetylenes is 1. The fourth-order valence-electron chi connectivity index (χ4n) is 5.19. The van der Waals surface area contributed by atoms with E-state index in [1.54, 1.807) is 9.91 Å². The number of benzene rings is 2. The molecule has 0 bridgehead atoms. The summed E-state index contributed by atoms with van der Waals surface area (Å²) in [4.78, 5) is 56.1. The van der Waals surface area contributed by atoms with Gasteiger partial charge in [-0.2, -0.15) is 5.01 Å². The first-order valence-corrected chi connectivity index (χ1v) is 13.9. The summed E-state index contributed by atoms with van der Waals surface area (Å²) >= 11 is 0. The van der Waals surface area contributed by atoms with E-state index < -0.39 is 24.3 Å². The van der Waals surface area contributed by atoms with Gasteiger partial charge in [0.1, 0.15) is 18.8 Å². The van der Waals surface area contributed by atoms with E-state index >= 15 is 0 Å². The van der Waals surface area contributed by atoms with Crippen LogP contribution in [0.3, 0.4) is 0 Å². The molecule has 2 aromatic carbocycles. The van der Waals surface area contributed by atoms with Crippen molar-refractivity contribution in [3.05, 3.63) is 84.4 Å². The number of ether oxygens (including phenoxy) is 1. The molecule has 11 nitrogen and oxygen atoms in total. The summed E-state index contributed by atoms with van der Waals surface area (Å²) in [6.45, 7) is 4.45. The Morgan fingerprint density at radius 1 is 1.05 bits per heavy atom. The summed E-state index contributed by atoms with van der Waals surface area (Å²) < 4.78 is 4.94. The molecule has 2 aromatic rings. The van der Waals surface area contributed by atoms with Gasteiger partial charge in [-0.3, -0.25) is 9.59 Å². The largest absolute Gasteiger partial charge is 0.445 e. The second-order valence-electron chi connectivity index (χ2n) is 9.97. The van der Waals surface area contributed by atoms with Crippen LogP contribution < -0.4 is 10.6 Å². The molecule has 42 heavy (non-hydrogen) atoms. The molecule has 2 atom stereocenters. The number of amides is 5. The average Bonchev–Trinajstić information content (AvgIpc) is 3.00. The molecule has 2 heterocycles. The van der Waals surface area contributed by atoms with Gasteiger partial charge in [-0.05, 0) is 24.0 Å². The number of rotatable bonds is 11. The molecule has 4 rings (SSSR count). The molecule has 2 aliphatic rings. The van der Waals surface area contributed by atoms with Gasteiger partial charge < -0.3 is 25.2 Å². The van der Waals surface area contributed by atoms with Crippen LogP contribution in [0, 0.1) is 12.3 Å². The van der Waals surface area contributed by atoms with Crippen LogP contribution in [0.1, 0.15) is 24.0 Å². The van der Waals surface area contributed by atoms with Crippen LogP contribution in [0.4, 0.5) is 9.59 Å². The third kappa shape index (κ3) is 7.47. The molecule has 0 unspecified atom stereocenters. The third-order valence-corrected chi connectivity index (χ3v) is 7.07. The SMILES string of the molecule is C#CCN1CC(=O)N2[C@@H](CCCNC(=O)OCC=C)C(=O)N(Cc3ccccc3)C[C@@H]2N1C(=O)NCc1ccccc1. The Labute approximate surface area is 246 Å². The molecule has 0 saturated carbocycles. The molecular weight excluding hydrogens is 536 g/mol. The van der Waals surface area contributed by atoms with Gasteiger partial charge in [0, 0.05) is 19.6 Å². The van der Waals surface area contributed by atoms with Crippen LogP contribution in [0.5, 0.6) is 0 Å². The van der Waals surface area contributed by atoms with Gasteiger partial charge in [0.25, 0.3) is 0 Å². The van der Waals surface area contributed by atoms with Crippen molar-refractivity contribution >= 4 is 23.9 Å². The van der Waals surface area contributed by atoms with Crippen molar-refractivity contribution in [2.75, 3.05) is 32.8 Å². The number of nitrogens with one attached hydrogen (secondary N) is 2. The first kappa shape index (κ1) is 30.1. The van der Waals surface area contributed by atoms with Crippen molar-refractivity contribution < 1.29 is 23.9 Å². The Kier molecular flexibility index (Phi) is 10.6. The topological polar surface area (TPSA) is 115 Å². The van der Waals surface area contributed by atoms with E-state index in [-0.39, 0.29) is 57.6 Å². The predicted octanol–water partition coefficient (Wildman–Crippen LogP) is 2.32. The van der Waals surface area contributed by atoms with Gasteiger partial charge in [0.2, 0.25) is 11.8 Å². The van der Waals surface area contributed by atoms with Crippen LogP contribution >= 0.6 is 0 Å². The maximum atomic E-state index is 13.8. The fourth-order valence-corrected chi connectivity index (χ4v) is 5.19. The Morgan fingerprint density at radius 3 is 2.40 bits per heavy atom. The average molecular weight is 573 g/mol. The van der Waals surface area contributed by atoms with Crippen LogP contribution in [0.15, 0.2) is 73.3 Å². The summed E-state index contributed by atoms with van der Waals surface area (Å²) in [6, 6.07) is 17.8. The molecule has 2 aliphatic heterocycles. The minimum atomic E-state index is -0.830. The van der Waals surface area contributed by atoms with Crippen LogP contribution in [0.2, 0.25) is 0 Å². The van der Waals surface area contributed by atoms with E-state index in [9.17, 15) is 19.2 Å². The summed E-state index contributed by atoms with van der Waals surface area (Å²) in [5.74, 6) is 2.04. The van der Waals surface area contributed by atoms with Gasteiger partial charge in [0.05, 0.1) is 19.6 Å². The summed E-state index contributed by atoms with van der Waals surface area (Å²) in [6.07, 6.45) is 6.42. The molecule has 2 saturated heterocycles. The molecular formula is C31H36N6O5. The van der Waals surface area contributed by atoms with E-state index in [1.165, 1.54) is 16.0 Å². The van der Waals surface area contributed by atoms with Crippen molar-refractivity contribution in [2.45, 2.75) is 38.1 Å². The maximum absolute atomic E-state index is 13.8. The highest BCUT2D eigenvalue weighted by atomic mass is 16.5. The Bertz CT molecular complexity index is 1300. The molecule has 0 aromatic heterocycles. The fraction of sp³-hybridized carbons (Fsp3) is 0.355. The minimum absolute atomic E-state index is 0.0445. The molecule has 11 heteroatoms. The first-order valence-electron chi connectivity index (χ1n) is 13.9. The zero-order valence-corrected chi connectivity index (χ0v) is 23.5. The lowest BCUT2D eigenvalue weighted by atomic mass is 10.0. The zero-order valence-electron chi connectivity index (χ0n) is 23.5. The molecule has 0 aliphatic carbocycles. The number of hydrazine groups is 1. The normalized spacial score (nSPS) is 18.6. The van der Waals surface area contributed by atoms with Crippen molar-refractivity contribution in [1.82, 2.24) is 30.5 Å². The van der Waals surface area contributed by atoms with E-state index in [2.05, 4.69) is 23.1 Å². The van der Waals surface area contributed by atoms with Crippen LogP contribution in [-0.4, -0.2) is 88.7 Å². The molecule has 2 fully saturated rings. The number of carbonyl (C=O) groups excluding carboxylic acids is 4. The van der Waals surface area contributed by atoms with Crippen molar-refractivity contribution in [3.63, 3.8) is 0 Å². The standard InChI is InChI=1S/C31H36N6O5/c1-3-18-35-23-28(38)36-26(16-11-17-32-31(41)42-19-4-2)29(39)34(21-25-14-9-6-10-15-25)22-27(36)37(35)30(40)33-20-24-12-7-5-8-13-24/h1,4-10,12-15,26-27H,2,11,16-23H2,(H,32,41)(H,33,40)/t26-,27-/m0/s1. The first-order chi connectivity index (χ1) is 20.4. The van der Waals surface area contributed by atoms with E-state index in [4.69, 9.17) is 11.2 Å². The smallest absolute Gasteiger partial charge is 0.407 e. The molecule has 0 radical (unpaired) electrons. The lowest BCUT2D eigenvalue weighted by Gasteiger charge is -2.55. The van der Waals surface area contributed by atoms with Gasteiger partial charge in [-0.15, -0.1) is 6.42 Å². The molecule has 5 amide bonds. The minimum Gasteiger partial charge on any atom is -0.445 e. The lowest BCUT2D eigenvalue weighted by Crippen LogP contribution is -2.76. The Morgan fingerprint density at radius 2 is 1.74 bits per heavy atom. The summed E-state index contributed by atoms with van der Waals surface area (Å²) in [5.41, 5.74) is 1.84. The van der Waals surface area contributed by atoms with Crippen molar-refractivity contribution in [1.29, 1.82) is 0 Å². The van der Waals surface area contributed by atoms with Crippen LogP contribution in [0.25, 0.3) is 0 Å². The number of alkyl carbamates (subject to hydrolysis) is 1. The number of hydrogen-bond acceptors (Lipinski definition) is 6. The quantitative estimate of drug-likeness (QED) is 0.243. The number of urea groups is 1. The number of fused-ring (bicyclic) bond motifs is 1. The lowest BCUT2D eigenvalue weighted by molar-refractivity contribution is -0.189.